The van der Waals surface area contributed by atoms with Crippen molar-refractivity contribution in [3.63, 3.8) is 0 Å². The minimum atomic E-state index is -3.66. The minimum Gasteiger partial charge on any atom is -0.325 e. The summed E-state index contributed by atoms with van der Waals surface area (Å²) in [4.78, 5) is 12.0. The molecule has 1 atom stereocenters. The first-order valence-corrected chi connectivity index (χ1v) is 9.45. The van der Waals surface area contributed by atoms with Gasteiger partial charge in [0.15, 0.2) is 0 Å². The maximum atomic E-state index is 12.0. The van der Waals surface area contributed by atoms with Crippen molar-refractivity contribution in [2.24, 2.45) is 0 Å². The molecule has 0 saturated carbocycles. The maximum Gasteiger partial charge on any atom is 0.250 e. The Morgan fingerprint density at radius 1 is 1.29 bits per heavy atom. The Balaban J connectivity index is 2.03. The molecule has 1 unspecified atom stereocenters. The van der Waals surface area contributed by atoms with Crippen LogP contribution in [-0.4, -0.2) is 20.4 Å². The van der Waals surface area contributed by atoms with E-state index in [2.05, 4.69) is 32.6 Å². The predicted molar refractivity (Wildman–Crippen MR) is 91.9 cm³/mol. The lowest BCUT2D eigenvalue weighted by Gasteiger charge is -2.13. The molecule has 1 amide bonds. The molecule has 8 heteroatoms. The van der Waals surface area contributed by atoms with Crippen LogP contribution in [0.4, 0.5) is 5.69 Å². The molecule has 2 N–H and O–H groups in total. The number of halogens is 1. The molecule has 0 fully saturated rings. The summed E-state index contributed by atoms with van der Waals surface area (Å²) < 4.78 is 27.6. The van der Waals surface area contributed by atoms with Crippen LogP contribution in [0.2, 0.25) is 0 Å². The van der Waals surface area contributed by atoms with Crippen LogP contribution in [0.25, 0.3) is 0 Å². The lowest BCUT2D eigenvalue weighted by molar-refractivity contribution is -0.117. The van der Waals surface area contributed by atoms with Crippen molar-refractivity contribution in [1.82, 2.24) is 4.72 Å². The molecule has 2 rings (SSSR count). The molecule has 21 heavy (non-hydrogen) atoms. The fraction of sp³-hybridized carbons (Fsp3) is 0.154. The van der Waals surface area contributed by atoms with E-state index in [1.165, 1.54) is 13.0 Å². The van der Waals surface area contributed by atoms with E-state index in [4.69, 9.17) is 0 Å². The average molecular weight is 436 g/mol. The molecule has 0 aliphatic rings. The zero-order valence-corrected chi connectivity index (χ0v) is 14.8. The summed E-state index contributed by atoms with van der Waals surface area (Å²) in [5.74, 6) is -0.405. The predicted octanol–water partition coefficient (Wildman–Crippen LogP) is 2.66. The van der Waals surface area contributed by atoms with Gasteiger partial charge in [0.1, 0.15) is 4.21 Å². The van der Waals surface area contributed by atoms with E-state index in [1.54, 1.807) is 23.6 Å². The molecule has 1 aromatic heterocycles. The van der Waals surface area contributed by atoms with Gasteiger partial charge >= 0.3 is 0 Å². The van der Waals surface area contributed by atoms with E-state index < -0.39 is 22.0 Å². The third-order valence-electron chi connectivity index (χ3n) is 2.58. The molecule has 5 nitrogen and oxygen atoms in total. The summed E-state index contributed by atoms with van der Waals surface area (Å²) in [6.07, 6.45) is 0. The fourth-order valence-corrected chi connectivity index (χ4v) is 4.33. The highest BCUT2D eigenvalue weighted by molar-refractivity contribution is 14.1. The van der Waals surface area contributed by atoms with Crippen molar-refractivity contribution in [1.29, 1.82) is 0 Å². The molecule has 0 aliphatic carbocycles. The van der Waals surface area contributed by atoms with Crippen LogP contribution < -0.4 is 10.0 Å². The molecule has 1 aromatic carbocycles. The second kappa shape index (κ2) is 6.86. The first kappa shape index (κ1) is 16.4. The standard InChI is InChI=1S/C13H13IN2O3S2/c1-9(16-21(18,19)12-6-3-7-20-12)13(17)15-11-5-2-4-10(14)8-11/h2-9,16H,1H3,(H,15,17). The van der Waals surface area contributed by atoms with Gasteiger partial charge in [-0.2, -0.15) is 4.72 Å². The van der Waals surface area contributed by atoms with Crippen LogP contribution >= 0.6 is 33.9 Å². The van der Waals surface area contributed by atoms with Crippen molar-refractivity contribution >= 4 is 55.5 Å². The van der Waals surface area contributed by atoms with Crippen LogP contribution in [-0.2, 0) is 14.8 Å². The quantitative estimate of drug-likeness (QED) is 0.708. The third-order valence-corrected chi connectivity index (χ3v) is 6.19. The summed E-state index contributed by atoms with van der Waals surface area (Å²) in [5.41, 5.74) is 0.633. The Hall–Kier alpha value is -0.970. The lowest BCUT2D eigenvalue weighted by Crippen LogP contribution is -2.41. The van der Waals surface area contributed by atoms with E-state index in [9.17, 15) is 13.2 Å². The molecule has 0 spiro atoms. The zero-order chi connectivity index (χ0) is 15.5. The van der Waals surface area contributed by atoms with Crippen molar-refractivity contribution < 1.29 is 13.2 Å². The normalized spacial score (nSPS) is 12.9. The van der Waals surface area contributed by atoms with Gasteiger partial charge in [-0.1, -0.05) is 12.1 Å². The van der Waals surface area contributed by atoms with E-state index in [-0.39, 0.29) is 4.21 Å². The van der Waals surface area contributed by atoms with Gasteiger partial charge in [-0.3, -0.25) is 4.79 Å². The second-order valence-corrected chi connectivity index (χ2v) is 8.41. The Bertz CT molecular complexity index is 730. The molecule has 1 heterocycles. The zero-order valence-electron chi connectivity index (χ0n) is 11.0. The van der Waals surface area contributed by atoms with Gasteiger partial charge < -0.3 is 5.32 Å². The number of rotatable bonds is 5. The molecule has 112 valence electrons. The van der Waals surface area contributed by atoms with E-state index >= 15 is 0 Å². The van der Waals surface area contributed by atoms with Crippen LogP contribution in [0.5, 0.6) is 0 Å². The highest BCUT2D eigenvalue weighted by Gasteiger charge is 2.22. The van der Waals surface area contributed by atoms with Gasteiger partial charge in [0, 0.05) is 9.26 Å². The van der Waals surface area contributed by atoms with Gasteiger partial charge in [-0.05, 0) is 59.2 Å². The van der Waals surface area contributed by atoms with Crippen LogP contribution in [0, 0.1) is 3.57 Å². The van der Waals surface area contributed by atoms with Crippen LogP contribution in [0.3, 0.4) is 0 Å². The number of anilines is 1. The topological polar surface area (TPSA) is 75.3 Å². The molecular formula is C13H13IN2O3S2. The molecular weight excluding hydrogens is 423 g/mol. The molecule has 0 saturated heterocycles. The van der Waals surface area contributed by atoms with Gasteiger partial charge in [-0.15, -0.1) is 11.3 Å². The number of benzene rings is 1. The van der Waals surface area contributed by atoms with Crippen molar-refractivity contribution in [2.45, 2.75) is 17.2 Å². The molecule has 0 bridgehead atoms. The summed E-state index contributed by atoms with van der Waals surface area (Å²) in [7, 11) is -3.66. The Labute approximate surface area is 141 Å². The van der Waals surface area contributed by atoms with Crippen molar-refractivity contribution in [2.75, 3.05) is 5.32 Å². The number of sulfonamides is 1. The molecule has 2 aromatic rings. The van der Waals surface area contributed by atoms with Gasteiger partial charge in [0.25, 0.3) is 10.0 Å². The SMILES string of the molecule is CC(NS(=O)(=O)c1cccs1)C(=O)Nc1cccc(I)c1. The summed E-state index contributed by atoms with van der Waals surface area (Å²) in [6.45, 7) is 1.51. The fourth-order valence-electron chi connectivity index (χ4n) is 1.58. The van der Waals surface area contributed by atoms with Gasteiger partial charge in [0.05, 0.1) is 6.04 Å². The number of hydrogen-bond acceptors (Lipinski definition) is 4. The highest BCUT2D eigenvalue weighted by atomic mass is 127. The highest BCUT2D eigenvalue weighted by Crippen LogP contribution is 2.16. The van der Waals surface area contributed by atoms with Gasteiger partial charge in [0.2, 0.25) is 5.91 Å². The van der Waals surface area contributed by atoms with Crippen molar-refractivity contribution in [3.8, 4) is 0 Å². The largest absolute Gasteiger partial charge is 0.325 e. The van der Waals surface area contributed by atoms with E-state index in [1.807, 2.05) is 12.1 Å². The number of hydrogen-bond donors (Lipinski definition) is 2. The Kier molecular flexibility index (Phi) is 5.36. The first-order chi connectivity index (χ1) is 9.88. The first-order valence-electron chi connectivity index (χ1n) is 6.01. The number of carbonyl (C=O) groups is 1. The number of amides is 1. The Morgan fingerprint density at radius 2 is 2.05 bits per heavy atom. The monoisotopic (exact) mass is 436 g/mol. The van der Waals surface area contributed by atoms with Gasteiger partial charge in [-0.25, -0.2) is 8.42 Å². The Morgan fingerprint density at radius 3 is 2.67 bits per heavy atom. The average Bonchev–Trinajstić information content (AvgIpc) is 2.92. The summed E-state index contributed by atoms with van der Waals surface area (Å²) >= 11 is 3.24. The van der Waals surface area contributed by atoms with E-state index in [0.717, 1.165) is 14.9 Å². The summed E-state index contributed by atoms with van der Waals surface area (Å²) in [6, 6.07) is 9.55. The number of carbonyl (C=O) groups excluding carboxylic acids is 1. The number of nitrogens with one attached hydrogen (secondary N) is 2. The van der Waals surface area contributed by atoms with E-state index in [0.29, 0.717) is 5.69 Å². The van der Waals surface area contributed by atoms with Crippen molar-refractivity contribution in [3.05, 3.63) is 45.3 Å². The number of thiophene rings is 1. The molecule has 0 radical (unpaired) electrons. The maximum absolute atomic E-state index is 12.0. The smallest absolute Gasteiger partial charge is 0.250 e. The van der Waals surface area contributed by atoms with Crippen LogP contribution in [0.15, 0.2) is 46.0 Å². The third kappa shape index (κ3) is 4.50. The summed E-state index contributed by atoms with van der Waals surface area (Å²) in [5, 5.41) is 4.35. The lowest BCUT2D eigenvalue weighted by atomic mass is 10.3. The van der Waals surface area contributed by atoms with Crippen LogP contribution in [0.1, 0.15) is 6.92 Å². The minimum absolute atomic E-state index is 0.191. The molecule has 0 aliphatic heterocycles. The second-order valence-electron chi connectivity index (χ2n) is 4.27.